The van der Waals surface area contributed by atoms with Crippen LogP contribution in [0.4, 0.5) is 13.2 Å². The zero-order chi connectivity index (χ0) is 19.5. The lowest BCUT2D eigenvalue weighted by molar-refractivity contribution is -0.143. The molecule has 26 heavy (non-hydrogen) atoms. The Morgan fingerprint density at radius 2 is 1.88 bits per heavy atom. The van der Waals surface area contributed by atoms with Gasteiger partial charge in [-0.3, -0.25) is 9.59 Å². The summed E-state index contributed by atoms with van der Waals surface area (Å²) in [6.07, 6.45) is -3.68. The Bertz CT molecular complexity index is 803. The van der Waals surface area contributed by atoms with E-state index in [2.05, 4.69) is 5.10 Å². The van der Waals surface area contributed by atoms with Crippen molar-refractivity contribution in [1.29, 1.82) is 0 Å². The van der Waals surface area contributed by atoms with E-state index in [1.165, 1.54) is 24.3 Å². The molecule has 2 aromatic rings. The van der Waals surface area contributed by atoms with E-state index in [1.807, 2.05) is 0 Å². The molecule has 0 saturated carbocycles. The summed E-state index contributed by atoms with van der Waals surface area (Å²) in [6.45, 7) is 0.995. The van der Waals surface area contributed by atoms with Crippen molar-refractivity contribution in [3.8, 4) is 5.69 Å². The van der Waals surface area contributed by atoms with E-state index in [-0.39, 0.29) is 12.2 Å². The smallest absolute Gasteiger partial charge is 0.434 e. The van der Waals surface area contributed by atoms with E-state index in [9.17, 15) is 22.8 Å². The third kappa shape index (κ3) is 4.34. The monoisotopic (exact) mass is 389 g/mol. The van der Waals surface area contributed by atoms with Crippen molar-refractivity contribution in [1.82, 2.24) is 14.7 Å². The summed E-state index contributed by atoms with van der Waals surface area (Å²) in [5.41, 5.74) is -1.90. The average Bonchev–Trinajstić information content (AvgIpc) is 2.99. The third-order valence-corrected chi connectivity index (χ3v) is 3.70. The summed E-state index contributed by atoms with van der Waals surface area (Å²) in [5, 5.41) is 12.9. The Hall–Kier alpha value is -2.55. The number of rotatable bonds is 6. The highest BCUT2D eigenvalue weighted by atomic mass is 35.5. The Labute approximate surface area is 151 Å². The second kappa shape index (κ2) is 7.77. The Morgan fingerprint density at radius 1 is 1.27 bits per heavy atom. The van der Waals surface area contributed by atoms with Gasteiger partial charge in [-0.1, -0.05) is 18.5 Å². The maximum atomic E-state index is 13.6. The number of carbonyl (C=O) groups excluding carboxylic acids is 1. The first kappa shape index (κ1) is 19.8. The number of carbonyl (C=O) groups is 2. The van der Waals surface area contributed by atoms with Crippen LogP contribution in [0.3, 0.4) is 0 Å². The fourth-order valence-electron chi connectivity index (χ4n) is 2.41. The normalized spacial score (nSPS) is 11.4. The maximum Gasteiger partial charge on any atom is 0.434 e. The Kier molecular flexibility index (Phi) is 5.91. The molecule has 10 heteroatoms. The van der Waals surface area contributed by atoms with Crippen LogP contribution < -0.4 is 0 Å². The van der Waals surface area contributed by atoms with E-state index in [1.54, 1.807) is 6.92 Å². The van der Waals surface area contributed by atoms with E-state index in [0.717, 1.165) is 11.1 Å². The first-order chi connectivity index (χ1) is 12.1. The topological polar surface area (TPSA) is 75.4 Å². The molecule has 1 N–H and O–H groups in total. The predicted octanol–water partition coefficient (Wildman–Crippen LogP) is 3.48. The molecule has 1 aromatic carbocycles. The van der Waals surface area contributed by atoms with Gasteiger partial charge in [0.05, 0.1) is 17.4 Å². The van der Waals surface area contributed by atoms with Crippen molar-refractivity contribution in [3.63, 3.8) is 0 Å². The van der Waals surface area contributed by atoms with Crippen LogP contribution in [0, 0.1) is 0 Å². The molecule has 1 heterocycles. The molecule has 0 bridgehead atoms. The van der Waals surface area contributed by atoms with E-state index in [4.69, 9.17) is 16.7 Å². The van der Waals surface area contributed by atoms with Gasteiger partial charge in [-0.15, -0.1) is 0 Å². The number of carboxylic acids is 1. The van der Waals surface area contributed by atoms with Gasteiger partial charge in [-0.05, 0) is 30.7 Å². The van der Waals surface area contributed by atoms with Gasteiger partial charge in [-0.2, -0.15) is 18.3 Å². The fourth-order valence-corrected chi connectivity index (χ4v) is 2.54. The number of alkyl halides is 3. The number of benzene rings is 1. The molecular weight excluding hydrogens is 375 g/mol. The Morgan fingerprint density at radius 3 is 2.38 bits per heavy atom. The van der Waals surface area contributed by atoms with E-state index >= 15 is 0 Å². The summed E-state index contributed by atoms with van der Waals surface area (Å²) in [5.74, 6) is -2.35. The number of hydrogen-bond donors (Lipinski definition) is 1. The first-order valence-electron chi connectivity index (χ1n) is 7.57. The van der Waals surface area contributed by atoms with Gasteiger partial charge < -0.3 is 10.0 Å². The molecule has 0 aliphatic rings. The summed E-state index contributed by atoms with van der Waals surface area (Å²) in [7, 11) is 0. The van der Waals surface area contributed by atoms with Crippen LogP contribution in [0.1, 0.15) is 29.4 Å². The van der Waals surface area contributed by atoms with E-state index < -0.39 is 35.9 Å². The molecule has 0 spiro atoms. The quantitative estimate of drug-likeness (QED) is 0.820. The van der Waals surface area contributed by atoms with Crippen LogP contribution in [0.5, 0.6) is 0 Å². The molecule has 0 aliphatic heterocycles. The second-order valence-corrected chi connectivity index (χ2v) is 5.85. The zero-order valence-electron chi connectivity index (χ0n) is 13.6. The fraction of sp³-hybridized carbons (Fsp3) is 0.312. The van der Waals surface area contributed by atoms with Crippen LogP contribution in [0.15, 0.2) is 30.5 Å². The molecule has 0 saturated heterocycles. The van der Waals surface area contributed by atoms with Crippen molar-refractivity contribution in [2.24, 2.45) is 0 Å². The number of aromatic nitrogens is 2. The van der Waals surface area contributed by atoms with Crippen LogP contribution in [0.25, 0.3) is 5.69 Å². The van der Waals surface area contributed by atoms with Crippen LogP contribution in [0.2, 0.25) is 5.02 Å². The van der Waals surface area contributed by atoms with Gasteiger partial charge >= 0.3 is 12.1 Å². The zero-order valence-corrected chi connectivity index (χ0v) is 14.4. The van der Waals surface area contributed by atoms with E-state index in [0.29, 0.717) is 16.1 Å². The highest BCUT2D eigenvalue weighted by Crippen LogP contribution is 2.34. The molecule has 1 aromatic heterocycles. The highest BCUT2D eigenvalue weighted by Gasteiger charge is 2.41. The summed E-state index contributed by atoms with van der Waals surface area (Å²) < 4.78 is 41.4. The molecule has 0 fully saturated rings. The minimum absolute atomic E-state index is 0.00849. The molecule has 0 aliphatic carbocycles. The predicted molar refractivity (Wildman–Crippen MR) is 87.4 cm³/mol. The number of nitrogens with zero attached hydrogens (tertiary/aromatic N) is 3. The number of amides is 1. The molecule has 2 rings (SSSR count). The number of carboxylic acid groups (broad SMARTS) is 1. The van der Waals surface area contributed by atoms with Crippen molar-refractivity contribution < 1.29 is 27.9 Å². The van der Waals surface area contributed by atoms with Crippen molar-refractivity contribution >= 4 is 23.5 Å². The lowest BCUT2D eigenvalue weighted by atomic mass is 10.2. The number of hydrogen-bond acceptors (Lipinski definition) is 3. The maximum absolute atomic E-state index is 13.6. The lowest BCUT2D eigenvalue weighted by Gasteiger charge is -2.20. The van der Waals surface area contributed by atoms with Gasteiger partial charge in [-0.25, -0.2) is 4.68 Å². The van der Waals surface area contributed by atoms with Crippen LogP contribution in [-0.2, 0) is 11.0 Å². The minimum atomic E-state index is -4.87. The largest absolute Gasteiger partial charge is 0.480 e. The molecule has 0 radical (unpaired) electrons. The summed E-state index contributed by atoms with van der Waals surface area (Å²) in [6, 6.07) is 5.46. The van der Waals surface area contributed by atoms with Crippen molar-refractivity contribution in [2.75, 3.05) is 13.1 Å². The highest BCUT2D eigenvalue weighted by molar-refractivity contribution is 6.30. The minimum Gasteiger partial charge on any atom is -0.480 e. The second-order valence-electron chi connectivity index (χ2n) is 5.41. The van der Waals surface area contributed by atoms with Crippen LogP contribution in [-0.4, -0.2) is 44.8 Å². The summed E-state index contributed by atoms with van der Waals surface area (Å²) >= 11 is 5.74. The average molecular weight is 390 g/mol. The molecule has 1 amide bonds. The molecule has 0 unspecified atom stereocenters. The van der Waals surface area contributed by atoms with Gasteiger partial charge in [0.15, 0.2) is 5.69 Å². The van der Waals surface area contributed by atoms with Crippen molar-refractivity contribution in [3.05, 3.63) is 46.7 Å². The van der Waals surface area contributed by atoms with Gasteiger partial charge in [0.2, 0.25) is 0 Å². The van der Waals surface area contributed by atoms with Crippen molar-refractivity contribution in [2.45, 2.75) is 19.5 Å². The first-order valence-corrected chi connectivity index (χ1v) is 7.95. The summed E-state index contributed by atoms with van der Waals surface area (Å²) in [4.78, 5) is 24.3. The Balaban J connectivity index is 2.53. The van der Waals surface area contributed by atoms with Crippen LogP contribution >= 0.6 is 11.6 Å². The lowest BCUT2D eigenvalue weighted by Crippen LogP contribution is -2.37. The number of halogens is 4. The SMILES string of the molecule is CCCN(CC(=O)O)C(=O)c1cnn(-c2ccc(Cl)cc2)c1C(F)(F)F. The molecule has 0 atom stereocenters. The molecule has 140 valence electrons. The van der Waals surface area contributed by atoms with Gasteiger partial charge in [0.25, 0.3) is 5.91 Å². The standard InChI is InChI=1S/C16H15ClF3N3O3/c1-2-7-22(9-13(24)25)15(26)12-8-21-23(14(12)16(18,19)20)11-5-3-10(17)4-6-11/h3-6,8H,2,7,9H2,1H3,(H,24,25). The third-order valence-electron chi connectivity index (χ3n) is 3.45. The molecular formula is C16H15ClF3N3O3. The number of aliphatic carboxylic acids is 1. The molecule has 6 nitrogen and oxygen atoms in total. The van der Waals surface area contributed by atoms with Gasteiger partial charge in [0, 0.05) is 11.6 Å². The van der Waals surface area contributed by atoms with Gasteiger partial charge in [0.1, 0.15) is 6.54 Å².